The molecule has 0 saturated carbocycles. The van der Waals surface area contributed by atoms with E-state index in [4.69, 9.17) is 9.47 Å². The lowest BCUT2D eigenvalue weighted by Gasteiger charge is -2.16. The molecule has 22 heavy (non-hydrogen) atoms. The topological polar surface area (TPSA) is 46.1 Å². The molecule has 0 radical (unpaired) electrons. The molecule has 0 fully saturated rings. The number of nitrogens with zero attached hydrogens (tertiary/aromatic N) is 2. The number of ether oxygens (including phenoxy) is 2. The van der Waals surface area contributed by atoms with Crippen molar-refractivity contribution in [1.29, 1.82) is 0 Å². The minimum absolute atomic E-state index is 0.638. The van der Waals surface area contributed by atoms with Crippen LogP contribution >= 0.6 is 0 Å². The van der Waals surface area contributed by atoms with Gasteiger partial charge < -0.3 is 19.7 Å². The Labute approximate surface area is 134 Å². The molecule has 0 saturated heterocycles. The van der Waals surface area contributed by atoms with Crippen LogP contribution in [0.5, 0.6) is 11.5 Å². The summed E-state index contributed by atoms with van der Waals surface area (Å²) >= 11 is 0. The normalized spacial score (nSPS) is 11.2. The fourth-order valence-corrected chi connectivity index (χ4v) is 2.13. The van der Waals surface area contributed by atoms with Crippen molar-refractivity contribution in [3.05, 3.63) is 23.8 Å². The first kappa shape index (κ1) is 18.1. The molecule has 0 unspecified atom stereocenters. The Morgan fingerprint density at radius 3 is 2.59 bits per heavy atom. The second kappa shape index (κ2) is 9.92. The lowest BCUT2D eigenvalue weighted by molar-refractivity contribution is 0.310. The van der Waals surface area contributed by atoms with Crippen LogP contribution in [-0.2, 0) is 6.42 Å². The van der Waals surface area contributed by atoms with Crippen LogP contribution in [0.4, 0.5) is 0 Å². The molecule has 0 aliphatic heterocycles. The highest BCUT2D eigenvalue weighted by atomic mass is 16.5. The van der Waals surface area contributed by atoms with Gasteiger partial charge in [-0.25, -0.2) is 0 Å². The van der Waals surface area contributed by atoms with E-state index in [1.165, 1.54) is 5.56 Å². The summed E-state index contributed by atoms with van der Waals surface area (Å²) in [4.78, 5) is 6.60. The van der Waals surface area contributed by atoms with E-state index in [0.717, 1.165) is 43.4 Å². The zero-order valence-electron chi connectivity index (χ0n) is 14.5. The number of aryl methyl sites for hydroxylation is 1. The predicted molar refractivity (Wildman–Crippen MR) is 92.1 cm³/mol. The van der Waals surface area contributed by atoms with Gasteiger partial charge in [-0.15, -0.1) is 0 Å². The molecule has 1 N–H and O–H groups in total. The van der Waals surface area contributed by atoms with Crippen LogP contribution in [0.1, 0.15) is 25.8 Å². The molecule has 0 aliphatic carbocycles. The fourth-order valence-electron chi connectivity index (χ4n) is 2.13. The van der Waals surface area contributed by atoms with Gasteiger partial charge >= 0.3 is 0 Å². The smallest absolute Gasteiger partial charge is 0.193 e. The van der Waals surface area contributed by atoms with Gasteiger partial charge in [0.2, 0.25) is 0 Å². The molecule has 0 atom stereocenters. The molecular formula is C17H29N3O2. The molecule has 0 aromatic heterocycles. The van der Waals surface area contributed by atoms with Gasteiger partial charge in [0.25, 0.3) is 0 Å². The highest BCUT2D eigenvalue weighted by Crippen LogP contribution is 2.28. The van der Waals surface area contributed by atoms with Gasteiger partial charge in [0.05, 0.1) is 13.7 Å². The zero-order chi connectivity index (χ0) is 16.4. The third-order valence-electron chi connectivity index (χ3n) is 3.17. The number of methoxy groups -OCH3 is 1. The van der Waals surface area contributed by atoms with Crippen molar-refractivity contribution in [1.82, 2.24) is 10.2 Å². The van der Waals surface area contributed by atoms with E-state index < -0.39 is 0 Å². The van der Waals surface area contributed by atoms with E-state index in [0.29, 0.717) is 6.61 Å². The standard InChI is InChI=1S/C17H29N3O2/c1-6-18-17(20(3)4)19-12-8-9-14-10-11-15(21-5)16(13-14)22-7-2/h10-11,13H,6-9,12H2,1-5H3,(H,18,19). The van der Waals surface area contributed by atoms with E-state index >= 15 is 0 Å². The highest BCUT2D eigenvalue weighted by molar-refractivity contribution is 5.79. The average Bonchev–Trinajstić information content (AvgIpc) is 2.50. The number of benzene rings is 1. The third-order valence-corrected chi connectivity index (χ3v) is 3.17. The van der Waals surface area contributed by atoms with Crippen LogP contribution in [0.25, 0.3) is 0 Å². The van der Waals surface area contributed by atoms with Gasteiger partial charge in [0.1, 0.15) is 0 Å². The maximum Gasteiger partial charge on any atom is 0.193 e. The Kier molecular flexibility index (Phi) is 8.18. The summed E-state index contributed by atoms with van der Waals surface area (Å²) in [7, 11) is 5.66. The summed E-state index contributed by atoms with van der Waals surface area (Å²) in [5, 5.41) is 3.26. The molecule has 0 amide bonds. The van der Waals surface area contributed by atoms with Crippen LogP contribution < -0.4 is 14.8 Å². The summed E-state index contributed by atoms with van der Waals surface area (Å²) in [5.41, 5.74) is 1.24. The summed E-state index contributed by atoms with van der Waals surface area (Å²) in [6, 6.07) is 6.11. The van der Waals surface area contributed by atoms with Crippen molar-refractivity contribution < 1.29 is 9.47 Å². The minimum Gasteiger partial charge on any atom is -0.493 e. The van der Waals surface area contributed by atoms with Crippen molar-refractivity contribution in [2.24, 2.45) is 4.99 Å². The summed E-state index contributed by atoms with van der Waals surface area (Å²) in [5.74, 6) is 2.53. The Balaban J connectivity index is 2.57. The summed E-state index contributed by atoms with van der Waals surface area (Å²) in [6.45, 7) is 6.37. The maximum absolute atomic E-state index is 5.61. The summed E-state index contributed by atoms with van der Waals surface area (Å²) < 4.78 is 10.9. The van der Waals surface area contributed by atoms with Crippen LogP contribution in [0.2, 0.25) is 0 Å². The average molecular weight is 307 g/mol. The van der Waals surface area contributed by atoms with E-state index in [1.54, 1.807) is 7.11 Å². The summed E-state index contributed by atoms with van der Waals surface area (Å²) in [6.07, 6.45) is 1.97. The van der Waals surface area contributed by atoms with Gasteiger partial charge in [0.15, 0.2) is 17.5 Å². The molecule has 0 heterocycles. The lowest BCUT2D eigenvalue weighted by atomic mass is 10.1. The van der Waals surface area contributed by atoms with Crippen molar-refractivity contribution >= 4 is 5.96 Å². The predicted octanol–water partition coefficient (Wildman–Crippen LogP) is 2.55. The number of guanidine groups is 1. The largest absolute Gasteiger partial charge is 0.493 e. The fraction of sp³-hybridized carbons (Fsp3) is 0.588. The number of rotatable bonds is 8. The molecule has 0 aliphatic rings. The van der Waals surface area contributed by atoms with Crippen molar-refractivity contribution in [2.45, 2.75) is 26.7 Å². The van der Waals surface area contributed by atoms with E-state index in [-0.39, 0.29) is 0 Å². The number of hydrogen-bond donors (Lipinski definition) is 1. The van der Waals surface area contributed by atoms with Gasteiger partial charge in [-0.2, -0.15) is 0 Å². The Morgan fingerprint density at radius 2 is 2.00 bits per heavy atom. The maximum atomic E-state index is 5.61. The monoisotopic (exact) mass is 307 g/mol. The van der Waals surface area contributed by atoms with Crippen LogP contribution in [0.15, 0.2) is 23.2 Å². The van der Waals surface area contributed by atoms with Gasteiger partial charge in [0, 0.05) is 27.2 Å². The molecule has 5 heteroatoms. The number of nitrogens with one attached hydrogen (secondary N) is 1. The van der Waals surface area contributed by atoms with E-state index in [9.17, 15) is 0 Å². The van der Waals surface area contributed by atoms with Crippen molar-refractivity contribution in [3.8, 4) is 11.5 Å². The quantitative estimate of drug-likeness (QED) is 0.455. The lowest BCUT2D eigenvalue weighted by Crippen LogP contribution is -2.36. The van der Waals surface area contributed by atoms with E-state index in [2.05, 4.69) is 29.4 Å². The second-order valence-electron chi connectivity index (χ2n) is 5.15. The Morgan fingerprint density at radius 1 is 1.23 bits per heavy atom. The molecule has 124 valence electrons. The molecule has 5 nitrogen and oxygen atoms in total. The number of aliphatic imine (C=N–C) groups is 1. The van der Waals surface area contributed by atoms with Crippen molar-refractivity contribution in [2.75, 3.05) is 40.9 Å². The first-order valence-corrected chi connectivity index (χ1v) is 7.87. The van der Waals surface area contributed by atoms with Crippen LogP contribution in [-0.4, -0.2) is 51.8 Å². The van der Waals surface area contributed by atoms with E-state index in [1.807, 2.05) is 32.0 Å². The van der Waals surface area contributed by atoms with Gasteiger partial charge in [-0.3, -0.25) is 4.99 Å². The Hall–Kier alpha value is -1.91. The van der Waals surface area contributed by atoms with Crippen molar-refractivity contribution in [3.63, 3.8) is 0 Å². The first-order chi connectivity index (χ1) is 10.6. The Bertz CT molecular complexity index is 473. The second-order valence-corrected chi connectivity index (χ2v) is 5.15. The molecular weight excluding hydrogens is 278 g/mol. The molecule has 1 aromatic rings. The molecule has 0 spiro atoms. The zero-order valence-corrected chi connectivity index (χ0v) is 14.5. The highest BCUT2D eigenvalue weighted by Gasteiger charge is 2.05. The molecule has 0 bridgehead atoms. The minimum atomic E-state index is 0.638. The van der Waals surface area contributed by atoms with Gasteiger partial charge in [-0.1, -0.05) is 6.07 Å². The van der Waals surface area contributed by atoms with Gasteiger partial charge in [-0.05, 0) is 44.4 Å². The van der Waals surface area contributed by atoms with Crippen LogP contribution in [0, 0.1) is 0 Å². The SMILES string of the molecule is CCNC(=NCCCc1ccc(OC)c(OCC)c1)N(C)C. The first-order valence-electron chi connectivity index (χ1n) is 7.87. The molecule has 1 rings (SSSR count). The van der Waals surface area contributed by atoms with Crippen LogP contribution in [0.3, 0.4) is 0 Å². The molecule has 1 aromatic carbocycles. The third kappa shape index (κ3) is 5.84. The number of hydrogen-bond acceptors (Lipinski definition) is 3.